The lowest BCUT2D eigenvalue weighted by Gasteiger charge is -2.21. The van der Waals surface area contributed by atoms with E-state index in [-0.39, 0.29) is 22.9 Å². The van der Waals surface area contributed by atoms with Crippen molar-refractivity contribution in [3.05, 3.63) is 28.0 Å². The monoisotopic (exact) mass is 358 g/mol. The second kappa shape index (κ2) is 9.45. The number of nitrogens with zero attached hydrogens (tertiary/aromatic N) is 1. The van der Waals surface area contributed by atoms with Crippen LogP contribution >= 0.6 is 23.2 Å². The van der Waals surface area contributed by atoms with E-state index in [0.717, 1.165) is 18.8 Å². The third-order valence-electron chi connectivity index (χ3n) is 4.36. The molecule has 1 aliphatic carbocycles. The van der Waals surface area contributed by atoms with E-state index < -0.39 is 6.04 Å². The summed E-state index contributed by atoms with van der Waals surface area (Å²) in [5.41, 5.74) is 6.62. The van der Waals surface area contributed by atoms with Crippen molar-refractivity contribution in [3.8, 4) is 0 Å². The third kappa shape index (κ3) is 6.66. The number of ether oxygens (including phenoxy) is 1. The van der Waals surface area contributed by atoms with E-state index in [2.05, 4.69) is 4.98 Å². The molecule has 0 saturated heterocycles. The van der Waals surface area contributed by atoms with Crippen molar-refractivity contribution in [1.29, 1.82) is 0 Å². The highest BCUT2D eigenvalue weighted by molar-refractivity contribution is 6.32. The highest BCUT2D eigenvalue weighted by atomic mass is 35.5. The van der Waals surface area contributed by atoms with Crippen molar-refractivity contribution in [1.82, 2.24) is 4.98 Å². The van der Waals surface area contributed by atoms with E-state index in [4.69, 9.17) is 33.7 Å². The number of esters is 1. The maximum atomic E-state index is 11.9. The van der Waals surface area contributed by atoms with Gasteiger partial charge in [-0.1, -0.05) is 68.1 Å². The lowest BCUT2D eigenvalue weighted by molar-refractivity contribution is -0.146. The average Bonchev–Trinajstić information content (AvgIpc) is 2.52. The van der Waals surface area contributed by atoms with Crippen LogP contribution < -0.4 is 5.73 Å². The van der Waals surface area contributed by atoms with Gasteiger partial charge >= 0.3 is 5.97 Å². The Morgan fingerprint density at radius 1 is 1.26 bits per heavy atom. The smallest absolute Gasteiger partial charge is 0.323 e. The molecule has 0 spiro atoms. The molecule has 1 heterocycles. The summed E-state index contributed by atoms with van der Waals surface area (Å²) in [6.45, 7) is 0.108. The predicted molar refractivity (Wildman–Crippen MR) is 92.5 cm³/mol. The minimum Gasteiger partial charge on any atom is -0.460 e. The van der Waals surface area contributed by atoms with Gasteiger partial charge in [0.1, 0.15) is 23.0 Å². The van der Waals surface area contributed by atoms with Gasteiger partial charge in [-0.2, -0.15) is 0 Å². The van der Waals surface area contributed by atoms with E-state index in [0.29, 0.717) is 12.0 Å². The summed E-state index contributed by atoms with van der Waals surface area (Å²) in [5.74, 6) is 0.436. The fourth-order valence-corrected chi connectivity index (χ4v) is 3.58. The summed E-state index contributed by atoms with van der Waals surface area (Å²) >= 11 is 11.6. The van der Waals surface area contributed by atoms with Crippen molar-refractivity contribution < 1.29 is 9.53 Å². The van der Waals surface area contributed by atoms with E-state index in [1.54, 1.807) is 12.1 Å². The van der Waals surface area contributed by atoms with Crippen molar-refractivity contribution in [2.75, 3.05) is 0 Å². The number of aromatic nitrogens is 1. The van der Waals surface area contributed by atoms with Gasteiger partial charge in [-0.05, 0) is 30.0 Å². The molecule has 0 unspecified atom stereocenters. The SMILES string of the molecule is N[C@@H](CCCC1CCCCC1)C(=O)OCc1cc(Cl)nc(Cl)c1. The van der Waals surface area contributed by atoms with E-state index >= 15 is 0 Å². The number of hydrogen-bond acceptors (Lipinski definition) is 4. The van der Waals surface area contributed by atoms with E-state index in [1.165, 1.54) is 32.1 Å². The molecule has 23 heavy (non-hydrogen) atoms. The molecule has 0 aliphatic heterocycles. The van der Waals surface area contributed by atoms with Gasteiger partial charge in [0.25, 0.3) is 0 Å². The molecule has 6 heteroatoms. The molecule has 128 valence electrons. The van der Waals surface area contributed by atoms with Crippen LogP contribution in [0.25, 0.3) is 0 Å². The van der Waals surface area contributed by atoms with Gasteiger partial charge in [-0.3, -0.25) is 4.79 Å². The summed E-state index contributed by atoms with van der Waals surface area (Å²) < 4.78 is 5.23. The second-order valence-corrected chi connectivity index (χ2v) is 7.04. The van der Waals surface area contributed by atoms with Crippen molar-refractivity contribution in [3.63, 3.8) is 0 Å². The Labute approximate surface area is 147 Å². The normalized spacial score (nSPS) is 17.0. The van der Waals surface area contributed by atoms with E-state index in [9.17, 15) is 4.79 Å². The minimum absolute atomic E-state index is 0.108. The van der Waals surface area contributed by atoms with Gasteiger partial charge in [0.2, 0.25) is 0 Å². The predicted octanol–water partition coefficient (Wildman–Crippen LogP) is 4.51. The first-order valence-electron chi connectivity index (χ1n) is 8.29. The van der Waals surface area contributed by atoms with Crippen LogP contribution in [-0.2, 0) is 16.1 Å². The number of nitrogens with two attached hydrogens (primary N) is 1. The van der Waals surface area contributed by atoms with Crippen LogP contribution in [0.15, 0.2) is 12.1 Å². The molecule has 1 atom stereocenters. The Balaban J connectivity index is 1.67. The van der Waals surface area contributed by atoms with E-state index in [1.807, 2.05) is 0 Å². The van der Waals surface area contributed by atoms with Gasteiger partial charge in [-0.25, -0.2) is 4.98 Å². The van der Waals surface area contributed by atoms with Crippen LogP contribution in [0.2, 0.25) is 10.3 Å². The van der Waals surface area contributed by atoms with Crippen LogP contribution in [0.1, 0.15) is 56.9 Å². The topological polar surface area (TPSA) is 65.2 Å². The van der Waals surface area contributed by atoms with Gasteiger partial charge in [0.15, 0.2) is 0 Å². The van der Waals surface area contributed by atoms with Crippen LogP contribution in [0.5, 0.6) is 0 Å². The largest absolute Gasteiger partial charge is 0.460 e. The molecule has 1 aliphatic rings. The maximum Gasteiger partial charge on any atom is 0.323 e. The zero-order chi connectivity index (χ0) is 16.7. The zero-order valence-corrected chi connectivity index (χ0v) is 14.8. The molecular formula is C17H24Cl2N2O2. The Kier molecular flexibility index (Phi) is 7.60. The maximum absolute atomic E-state index is 11.9. The quantitative estimate of drug-likeness (QED) is 0.575. The summed E-state index contributed by atoms with van der Waals surface area (Å²) in [6.07, 6.45) is 9.51. The molecule has 1 saturated carbocycles. The Hall–Kier alpha value is -0.840. The summed E-state index contributed by atoms with van der Waals surface area (Å²) in [5, 5.41) is 0.556. The minimum atomic E-state index is -0.564. The molecule has 4 nitrogen and oxygen atoms in total. The van der Waals surface area contributed by atoms with Crippen LogP contribution in [0.4, 0.5) is 0 Å². The Morgan fingerprint density at radius 3 is 2.57 bits per heavy atom. The van der Waals surface area contributed by atoms with Gasteiger partial charge in [0, 0.05) is 0 Å². The molecule has 1 aromatic heterocycles. The number of hydrogen-bond donors (Lipinski definition) is 1. The van der Waals surface area contributed by atoms with Crippen LogP contribution in [0, 0.1) is 5.92 Å². The Morgan fingerprint density at radius 2 is 1.91 bits per heavy atom. The molecule has 2 rings (SSSR count). The summed E-state index contributed by atoms with van der Waals surface area (Å²) in [4.78, 5) is 15.8. The lowest BCUT2D eigenvalue weighted by Crippen LogP contribution is -2.32. The van der Waals surface area contributed by atoms with Gasteiger partial charge < -0.3 is 10.5 Å². The first-order chi connectivity index (χ1) is 11.0. The molecule has 0 aromatic carbocycles. The summed E-state index contributed by atoms with van der Waals surface area (Å²) in [7, 11) is 0. The third-order valence-corrected chi connectivity index (χ3v) is 4.75. The summed E-state index contributed by atoms with van der Waals surface area (Å²) in [6, 6.07) is 2.68. The number of carbonyl (C=O) groups is 1. The second-order valence-electron chi connectivity index (χ2n) is 6.27. The molecule has 0 bridgehead atoms. The fraction of sp³-hybridized carbons (Fsp3) is 0.647. The van der Waals surface area contributed by atoms with Crippen molar-refractivity contribution in [2.24, 2.45) is 11.7 Å². The molecule has 1 fully saturated rings. The highest BCUT2D eigenvalue weighted by Crippen LogP contribution is 2.27. The molecule has 2 N–H and O–H groups in total. The van der Waals surface area contributed by atoms with Crippen molar-refractivity contribution in [2.45, 2.75) is 64.0 Å². The molecular weight excluding hydrogens is 335 g/mol. The first kappa shape index (κ1) is 18.5. The van der Waals surface area contributed by atoms with Crippen LogP contribution in [-0.4, -0.2) is 17.0 Å². The standard InChI is InChI=1S/C17H24Cl2N2O2/c18-15-9-13(10-16(19)21-15)11-23-17(22)14(20)8-4-7-12-5-2-1-3-6-12/h9-10,12,14H,1-8,11,20H2/t14-/m0/s1. The van der Waals surface area contributed by atoms with Crippen molar-refractivity contribution >= 4 is 29.2 Å². The number of halogens is 2. The lowest BCUT2D eigenvalue weighted by atomic mass is 9.85. The first-order valence-corrected chi connectivity index (χ1v) is 9.04. The zero-order valence-electron chi connectivity index (χ0n) is 13.3. The fourth-order valence-electron chi connectivity index (χ4n) is 3.08. The Bertz CT molecular complexity index is 499. The highest BCUT2D eigenvalue weighted by Gasteiger charge is 2.17. The average molecular weight is 359 g/mol. The number of pyridine rings is 1. The van der Waals surface area contributed by atoms with Gasteiger partial charge in [-0.15, -0.1) is 0 Å². The molecule has 0 radical (unpaired) electrons. The molecule has 0 amide bonds. The van der Waals surface area contributed by atoms with Crippen LogP contribution in [0.3, 0.4) is 0 Å². The molecule has 1 aromatic rings. The number of carbonyl (C=O) groups excluding carboxylic acids is 1. The van der Waals surface area contributed by atoms with Gasteiger partial charge in [0.05, 0.1) is 0 Å². The number of rotatable bonds is 7.